The van der Waals surface area contributed by atoms with Crippen LogP contribution in [0.25, 0.3) is 0 Å². The Labute approximate surface area is 164 Å². The number of ether oxygens (including phenoxy) is 1. The molecular formula is C20H23N3O3S. The number of carbonyl (C=O) groups is 1. The number of anilines is 1. The number of hydrogen-bond acceptors (Lipinski definition) is 4. The molecule has 1 amide bonds. The lowest BCUT2D eigenvalue weighted by atomic mass is 10.1. The summed E-state index contributed by atoms with van der Waals surface area (Å²) in [5.41, 5.74) is 0.872. The number of likely N-dealkylation sites (tertiary alicyclic amines) is 1. The number of para-hydroxylation sites is 2. The Morgan fingerprint density at radius 3 is 2.74 bits per heavy atom. The van der Waals surface area contributed by atoms with E-state index in [0.29, 0.717) is 24.0 Å². The highest BCUT2D eigenvalue weighted by Gasteiger charge is 2.35. The number of fused-ring (bicyclic) bond motifs is 1. The van der Waals surface area contributed by atoms with Crippen molar-refractivity contribution in [3.63, 3.8) is 0 Å². The van der Waals surface area contributed by atoms with Crippen LogP contribution in [-0.2, 0) is 11.3 Å². The van der Waals surface area contributed by atoms with Crippen molar-refractivity contribution in [2.45, 2.75) is 31.9 Å². The molecule has 3 heterocycles. The van der Waals surface area contributed by atoms with Gasteiger partial charge in [0, 0.05) is 13.1 Å². The maximum Gasteiger partial charge on any atom is 0.265 e. The normalized spacial score (nSPS) is 19.2. The molecule has 0 radical (unpaired) electrons. The highest BCUT2D eigenvalue weighted by molar-refractivity contribution is 7.80. The fourth-order valence-corrected chi connectivity index (χ4v) is 3.79. The van der Waals surface area contributed by atoms with Gasteiger partial charge in [0.25, 0.3) is 5.91 Å². The van der Waals surface area contributed by atoms with Crippen molar-refractivity contribution in [2.75, 3.05) is 24.5 Å². The highest BCUT2D eigenvalue weighted by Crippen LogP contribution is 2.33. The van der Waals surface area contributed by atoms with Gasteiger partial charge in [-0.25, -0.2) is 0 Å². The van der Waals surface area contributed by atoms with Crippen molar-refractivity contribution in [3.8, 4) is 5.75 Å². The lowest BCUT2D eigenvalue weighted by Gasteiger charge is -2.38. The minimum atomic E-state index is -0.554. The first-order valence-electron chi connectivity index (χ1n) is 9.34. The zero-order valence-corrected chi connectivity index (χ0v) is 15.9. The third kappa shape index (κ3) is 3.93. The first kappa shape index (κ1) is 17.9. The number of rotatable bonds is 3. The fourth-order valence-electron chi connectivity index (χ4n) is 3.54. The van der Waals surface area contributed by atoms with Crippen LogP contribution in [0.15, 0.2) is 47.1 Å². The summed E-state index contributed by atoms with van der Waals surface area (Å²) in [6, 6.07) is 11.4. The summed E-state index contributed by atoms with van der Waals surface area (Å²) >= 11 is 5.61. The van der Waals surface area contributed by atoms with Crippen LogP contribution in [0.4, 0.5) is 5.69 Å². The van der Waals surface area contributed by atoms with Crippen molar-refractivity contribution >= 4 is 28.9 Å². The van der Waals surface area contributed by atoms with Crippen molar-refractivity contribution in [2.24, 2.45) is 0 Å². The van der Waals surface area contributed by atoms with Crippen LogP contribution < -0.4 is 15.0 Å². The Balaban J connectivity index is 1.50. The number of carbonyl (C=O) groups excluding carboxylic acids is 1. The molecule has 0 aliphatic carbocycles. The van der Waals surface area contributed by atoms with Crippen LogP contribution in [0.5, 0.6) is 5.75 Å². The zero-order valence-electron chi connectivity index (χ0n) is 15.1. The van der Waals surface area contributed by atoms with E-state index in [1.807, 2.05) is 46.2 Å². The largest absolute Gasteiger partial charge is 0.476 e. The number of nitrogens with zero attached hydrogens (tertiary/aromatic N) is 2. The SMILES string of the molecule is O=C([C@@H]1CN(C(=S)NCc2ccco2)c2ccccc2O1)N1CCCCC1. The summed E-state index contributed by atoms with van der Waals surface area (Å²) in [6.07, 6.45) is 4.38. The molecule has 1 fully saturated rings. The summed E-state index contributed by atoms with van der Waals surface area (Å²) in [6.45, 7) is 2.51. The third-order valence-corrected chi connectivity index (χ3v) is 5.32. The molecule has 2 aromatic rings. The van der Waals surface area contributed by atoms with Gasteiger partial charge in [-0.1, -0.05) is 12.1 Å². The molecule has 142 valence electrons. The predicted octanol–water partition coefficient (Wildman–Crippen LogP) is 2.93. The lowest BCUT2D eigenvalue weighted by molar-refractivity contribution is -0.139. The molecule has 2 aliphatic heterocycles. The van der Waals surface area contributed by atoms with Gasteiger partial charge in [-0.2, -0.15) is 0 Å². The Bertz CT molecular complexity index is 803. The zero-order chi connectivity index (χ0) is 18.6. The first-order valence-corrected chi connectivity index (χ1v) is 9.75. The summed E-state index contributed by atoms with van der Waals surface area (Å²) in [5.74, 6) is 1.53. The molecule has 1 aromatic heterocycles. The Morgan fingerprint density at radius 2 is 1.96 bits per heavy atom. The molecular weight excluding hydrogens is 362 g/mol. The van der Waals surface area contributed by atoms with E-state index in [9.17, 15) is 4.79 Å². The lowest BCUT2D eigenvalue weighted by Crippen LogP contribution is -2.54. The molecule has 0 bridgehead atoms. The van der Waals surface area contributed by atoms with Gasteiger partial charge >= 0.3 is 0 Å². The van der Waals surface area contributed by atoms with Crippen LogP contribution >= 0.6 is 12.2 Å². The highest BCUT2D eigenvalue weighted by atomic mass is 32.1. The molecule has 4 rings (SSSR count). The second kappa shape index (κ2) is 8.00. The van der Waals surface area contributed by atoms with Crippen LogP contribution in [0.1, 0.15) is 25.0 Å². The van der Waals surface area contributed by atoms with Gasteiger partial charge in [-0.3, -0.25) is 4.79 Å². The molecule has 27 heavy (non-hydrogen) atoms. The van der Waals surface area contributed by atoms with Crippen LogP contribution in [0.2, 0.25) is 0 Å². The average molecular weight is 385 g/mol. The molecule has 1 saturated heterocycles. The molecule has 0 unspecified atom stereocenters. The van der Waals surface area contributed by atoms with Gasteiger partial charge < -0.3 is 24.3 Å². The summed E-state index contributed by atoms with van der Waals surface area (Å²) in [7, 11) is 0. The fraction of sp³-hybridized carbons (Fsp3) is 0.400. The number of furan rings is 1. The molecule has 1 N–H and O–H groups in total. The summed E-state index contributed by atoms with van der Waals surface area (Å²) in [5, 5.41) is 3.77. The third-order valence-electron chi connectivity index (χ3n) is 4.96. The van der Waals surface area contributed by atoms with Crippen LogP contribution in [0.3, 0.4) is 0 Å². The number of nitrogens with one attached hydrogen (secondary N) is 1. The van der Waals surface area contributed by atoms with E-state index in [1.165, 1.54) is 6.42 Å². The summed E-state index contributed by atoms with van der Waals surface area (Å²) < 4.78 is 11.4. The smallest absolute Gasteiger partial charge is 0.265 e. The Hall–Kier alpha value is -2.54. The standard InChI is InChI=1S/C20H23N3O3S/c24-19(22-10-4-1-5-11-22)18-14-23(16-8-2-3-9-17(16)26-18)20(27)21-13-15-7-6-12-25-15/h2-3,6-9,12,18H,1,4-5,10-11,13-14H2,(H,21,27)/t18-/m0/s1. The van der Waals surface area contributed by atoms with Gasteiger partial charge in [0.05, 0.1) is 25.0 Å². The molecule has 0 spiro atoms. The molecule has 0 saturated carbocycles. The molecule has 1 aromatic carbocycles. The van der Waals surface area contributed by atoms with Crippen molar-refractivity contribution in [1.29, 1.82) is 0 Å². The number of hydrogen-bond donors (Lipinski definition) is 1. The molecule has 2 aliphatic rings. The molecule has 1 atom stereocenters. The van der Waals surface area contributed by atoms with Crippen LogP contribution in [-0.4, -0.2) is 41.7 Å². The number of thiocarbonyl (C=S) groups is 1. The quantitative estimate of drug-likeness (QED) is 0.820. The maximum atomic E-state index is 13.0. The van der Waals surface area contributed by atoms with E-state index in [4.69, 9.17) is 21.4 Å². The van der Waals surface area contributed by atoms with Gasteiger partial charge in [0.1, 0.15) is 11.5 Å². The van der Waals surface area contributed by atoms with Gasteiger partial charge in [-0.05, 0) is 55.7 Å². The van der Waals surface area contributed by atoms with Gasteiger partial charge in [0.2, 0.25) is 0 Å². The average Bonchev–Trinajstić information content (AvgIpc) is 3.25. The van der Waals surface area contributed by atoms with Crippen molar-refractivity contribution < 1.29 is 13.9 Å². The monoisotopic (exact) mass is 385 g/mol. The van der Waals surface area contributed by atoms with E-state index in [2.05, 4.69) is 5.32 Å². The van der Waals surface area contributed by atoms with E-state index < -0.39 is 6.10 Å². The van der Waals surface area contributed by atoms with Gasteiger partial charge in [0.15, 0.2) is 11.2 Å². The first-order chi connectivity index (χ1) is 13.2. The molecule has 7 heteroatoms. The predicted molar refractivity (Wildman–Crippen MR) is 107 cm³/mol. The van der Waals surface area contributed by atoms with E-state index in [-0.39, 0.29) is 5.91 Å². The number of amides is 1. The summed E-state index contributed by atoms with van der Waals surface area (Å²) in [4.78, 5) is 16.8. The maximum absolute atomic E-state index is 13.0. The Kier molecular flexibility index (Phi) is 5.29. The van der Waals surface area contributed by atoms with Crippen molar-refractivity contribution in [1.82, 2.24) is 10.2 Å². The van der Waals surface area contributed by atoms with E-state index >= 15 is 0 Å². The van der Waals surface area contributed by atoms with Crippen molar-refractivity contribution in [3.05, 3.63) is 48.4 Å². The van der Waals surface area contributed by atoms with E-state index in [1.54, 1.807) is 6.26 Å². The topological polar surface area (TPSA) is 58.0 Å². The minimum Gasteiger partial charge on any atom is -0.476 e. The van der Waals surface area contributed by atoms with E-state index in [0.717, 1.165) is 37.4 Å². The van der Waals surface area contributed by atoms with Gasteiger partial charge in [-0.15, -0.1) is 0 Å². The second-order valence-electron chi connectivity index (χ2n) is 6.81. The minimum absolute atomic E-state index is 0.0445. The second-order valence-corrected chi connectivity index (χ2v) is 7.20. The Morgan fingerprint density at radius 1 is 1.15 bits per heavy atom. The number of piperidine rings is 1. The molecule has 6 nitrogen and oxygen atoms in total. The number of benzene rings is 1. The van der Waals surface area contributed by atoms with Crippen LogP contribution in [0, 0.1) is 0 Å².